The number of hydrogen-bond donors (Lipinski definition) is 2. The zero-order chi connectivity index (χ0) is 22.2. The van der Waals surface area contributed by atoms with Crippen molar-refractivity contribution < 1.29 is 0 Å². The molecule has 3 aromatic heterocycles. The Hall–Kier alpha value is -2.42. The van der Waals surface area contributed by atoms with Crippen molar-refractivity contribution >= 4 is 40.3 Å². The van der Waals surface area contributed by atoms with Crippen molar-refractivity contribution in [1.29, 1.82) is 5.41 Å². The number of thiazole rings is 1. The van der Waals surface area contributed by atoms with E-state index in [1.807, 2.05) is 24.6 Å². The fraction of sp³-hybridized carbons (Fsp3) is 0.261. The molecule has 0 radical (unpaired) electrons. The zero-order valence-electron chi connectivity index (χ0n) is 18.0. The maximum atomic E-state index is 7.77. The third kappa shape index (κ3) is 4.46. The Labute approximate surface area is 194 Å². The van der Waals surface area contributed by atoms with Crippen LogP contribution in [0, 0.1) is 5.41 Å². The Morgan fingerprint density at radius 2 is 1.94 bits per heavy atom. The van der Waals surface area contributed by atoms with Gasteiger partial charge in [0.15, 0.2) is 0 Å². The number of benzene rings is 1. The first-order chi connectivity index (χ1) is 14.8. The SMILES string of the molecule is CSc1sc(C(=N)N)cc1-c1nc(-c2cnn(Cc3ccccc3)c2C(C)(C)C)cs1. The molecule has 3 N–H and O–H groups in total. The molecule has 0 atom stereocenters. The molecule has 4 aromatic rings. The van der Waals surface area contributed by atoms with Crippen molar-refractivity contribution in [2.24, 2.45) is 5.73 Å². The second-order valence-corrected chi connectivity index (χ2v) is 11.3. The summed E-state index contributed by atoms with van der Waals surface area (Å²) in [4.78, 5) is 5.75. The van der Waals surface area contributed by atoms with Crippen LogP contribution in [0.25, 0.3) is 21.8 Å². The minimum atomic E-state index is -0.0843. The third-order valence-corrected chi connectivity index (χ3v) is 8.06. The zero-order valence-corrected chi connectivity index (χ0v) is 20.4. The first-order valence-electron chi connectivity index (χ1n) is 9.86. The number of amidine groups is 1. The van der Waals surface area contributed by atoms with Gasteiger partial charge in [0.25, 0.3) is 0 Å². The molecule has 0 unspecified atom stereocenters. The molecule has 0 spiro atoms. The lowest BCUT2D eigenvalue weighted by Crippen LogP contribution is -2.20. The van der Waals surface area contributed by atoms with Gasteiger partial charge in [-0.25, -0.2) is 4.98 Å². The van der Waals surface area contributed by atoms with Crippen LogP contribution < -0.4 is 5.73 Å². The Balaban J connectivity index is 1.75. The molecule has 0 saturated carbocycles. The summed E-state index contributed by atoms with van der Waals surface area (Å²) in [6, 6.07) is 12.4. The molecule has 0 aliphatic heterocycles. The predicted molar refractivity (Wildman–Crippen MR) is 134 cm³/mol. The van der Waals surface area contributed by atoms with Crippen LogP contribution in [0.1, 0.15) is 36.9 Å². The summed E-state index contributed by atoms with van der Waals surface area (Å²) >= 11 is 4.83. The standard InChI is InChI=1S/C23H25N5S3/c1-23(2,3)19-16(11-26-28(19)12-14-8-6-5-7-9-14)17-13-30-21(27-17)15-10-18(20(24)25)31-22(15)29-4/h5-11,13H,12H2,1-4H3,(H3,24,25). The van der Waals surface area contributed by atoms with E-state index in [0.29, 0.717) is 0 Å². The number of thiophene rings is 1. The summed E-state index contributed by atoms with van der Waals surface area (Å²) in [7, 11) is 0. The molecule has 8 heteroatoms. The van der Waals surface area contributed by atoms with E-state index < -0.39 is 0 Å². The smallest absolute Gasteiger partial charge is 0.133 e. The second kappa shape index (κ2) is 8.61. The van der Waals surface area contributed by atoms with Crippen LogP contribution in [-0.4, -0.2) is 26.9 Å². The summed E-state index contributed by atoms with van der Waals surface area (Å²) in [5.74, 6) is 0.0977. The fourth-order valence-electron chi connectivity index (χ4n) is 3.57. The molecule has 0 aliphatic rings. The minimum absolute atomic E-state index is 0.0843. The van der Waals surface area contributed by atoms with Crippen molar-refractivity contribution in [3.8, 4) is 21.8 Å². The van der Waals surface area contributed by atoms with E-state index in [1.54, 1.807) is 34.4 Å². The van der Waals surface area contributed by atoms with Crippen molar-refractivity contribution in [2.45, 2.75) is 36.9 Å². The molecule has 0 fully saturated rings. The Bertz CT molecular complexity index is 1210. The largest absolute Gasteiger partial charge is 0.383 e. The second-order valence-electron chi connectivity index (χ2n) is 8.27. The monoisotopic (exact) mass is 467 g/mol. The molecule has 4 rings (SSSR count). The Morgan fingerprint density at radius 3 is 2.58 bits per heavy atom. The summed E-state index contributed by atoms with van der Waals surface area (Å²) in [5.41, 5.74) is 11.1. The maximum absolute atomic E-state index is 7.77. The number of hydrogen-bond acceptors (Lipinski definition) is 6. The molecule has 3 heterocycles. The van der Waals surface area contributed by atoms with Gasteiger partial charge in [-0.3, -0.25) is 10.1 Å². The summed E-state index contributed by atoms with van der Waals surface area (Å²) < 4.78 is 3.22. The number of nitrogens with zero attached hydrogens (tertiary/aromatic N) is 3. The molecule has 0 amide bonds. The van der Waals surface area contributed by atoms with E-state index >= 15 is 0 Å². The molecule has 1 aromatic carbocycles. The van der Waals surface area contributed by atoms with Crippen molar-refractivity contribution in [2.75, 3.05) is 6.26 Å². The van der Waals surface area contributed by atoms with Crippen LogP contribution in [0.3, 0.4) is 0 Å². The first kappa shape index (κ1) is 21.8. The van der Waals surface area contributed by atoms with Gasteiger partial charge in [-0.1, -0.05) is 51.1 Å². The molecular formula is C23H25N5S3. The Morgan fingerprint density at radius 1 is 1.19 bits per heavy atom. The van der Waals surface area contributed by atoms with Crippen LogP contribution in [0.15, 0.2) is 52.2 Å². The van der Waals surface area contributed by atoms with Crippen LogP contribution in [0.2, 0.25) is 0 Å². The average Bonchev–Trinajstić information content (AvgIpc) is 3.45. The number of thioether (sulfide) groups is 1. The number of aromatic nitrogens is 3. The third-order valence-electron chi connectivity index (χ3n) is 4.88. The van der Waals surface area contributed by atoms with Crippen LogP contribution in [0.4, 0.5) is 0 Å². The van der Waals surface area contributed by atoms with Crippen molar-refractivity contribution in [1.82, 2.24) is 14.8 Å². The summed E-state index contributed by atoms with van der Waals surface area (Å²) in [6.45, 7) is 7.37. The van der Waals surface area contributed by atoms with Gasteiger partial charge in [-0.15, -0.1) is 34.4 Å². The van der Waals surface area contributed by atoms with Crippen LogP contribution >= 0.6 is 34.4 Å². The van der Waals surface area contributed by atoms with Gasteiger partial charge in [0.1, 0.15) is 10.8 Å². The summed E-state index contributed by atoms with van der Waals surface area (Å²) in [5, 5.41) is 15.5. The van der Waals surface area contributed by atoms with Gasteiger partial charge in [0.2, 0.25) is 0 Å². The van der Waals surface area contributed by atoms with E-state index in [9.17, 15) is 0 Å². The number of nitrogens with two attached hydrogens (primary N) is 1. The first-order valence-corrected chi connectivity index (χ1v) is 12.8. The molecule has 0 bridgehead atoms. The normalized spacial score (nSPS) is 11.7. The van der Waals surface area contributed by atoms with E-state index in [2.05, 4.69) is 55.1 Å². The molecule has 160 valence electrons. The van der Waals surface area contributed by atoms with Gasteiger partial charge in [-0.2, -0.15) is 5.10 Å². The van der Waals surface area contributed by atoms with E-state index in [1.165, 1.54) is 11.3 Å². The van der Waals surface area contributed by atoms with Crippen LogP contribution in [-0.2, 0) is 12.0 Å². The lowest BCUT2D eigenvalue weighted by molar-refractivity contribution is 0.507. The fourth-order valence-corrected chi connectivity index (χ4v) is 6.27. The lowest BCUT2D eigenvalue weighted by atomic mass is 9.88. The average molecular weight is 468 g/mol. The quantitative estimate of drug-likeness (QED) is 0.204. The molecule has 0 saturated heterocycles. The lowest BCUT2D eigenvalue weighted by Gasteiger charge is -2.22. The molecule has 0 aliphatic carbocycles. The molecule has 5 nitrogen and oxygen atoms in total. The van der Waals surface area contributed by atoms with E-state index in [0.717, 1.165) is 37.5 Å². The van der Waals surface area contributed by atoms with Gasteiger partial charge in [0, 0.05) is 21.9 Å². The minimum Gasteiger partial charge on any atom is -0.383 e. The Kier molecular flexibility index (Phi) is 6.05. The highest BCUT2D eigenvalue weighted by atomic mass is 32.2. The highest BCUT2D eigenvalue weighted by molar-refractivity contribution is 8.00. The van der Waals surface area contributed by atoms with E-state index in [-0.39, 0.29) is 11.3 Å². The van der Waals surface area contributed by atoms with Gasteiger partial charge < -0.3 is 5.73 Å². The van der Waals surface area contributed by atoms with Crippen LogP contribution in [0.5, 0.6) is 0 Å². The number of nitrogens with one attached hydrogen (secondary N) is 1. The van der Waals surface area contributed by atoms with Gasteiger partial charge in [0.05, 0.1) is 33.2 Å². The summed E-state index contributed by atoms with van der Waals surface area (Å²) in [6.07, 6.45) is 3.98. The number of rotatable bonds is 6. The predicted octanol–water partition coefficient (Wildman–Crippen LogP) is 6.09. The highest BCUT2D eigenvalue weighted by Crippen LogP contribution is 2.41. The van der Waals surface area contributed by atoms with Crippen molar-refractivity contribution in [3.63, 3.8) is 0 Å². The molecular weight excluding hydrogens is 442 g/mol. The number of nitrogen functional groups attached to an aromatic ring is 1. The van der Waals surface area contributed by atoms with Gasteiger partial charge in [-0.05, 0) is 17.9 Å². The van der Waals surface area contributed by atoms with E-state index in [4.69, 9.17) is 21.2 Å². The topological polar surface area (TPSA) is 80.6 Å². The van der Waals surface area contributed by atoms with Crippen molar-refractivity contribution in [3.05, 3.63) is 64.1 Å². The maximum Gasteiger partial charge on any atom is 0.133 e. The highest BCUT2D eigenvalue weighted by Gasteiger charge is 2.26. The van der Waals surface area contributed by atoms with Gasteiger partial charge >= 0.3 is 0 Å². The molecule has 31 heavy (non-hydrogen) atoms.